The van der Waals surface area contributed by atoms with E-state index in [2.05, 4.69) is 4.98 Å². The molecule has 3 heterocycles. The van der Waals surface area contributed by atoms with E-state index in [1.54, 1.807) is 40.0 Å². The predicted molar refractivity (Wildman–Crippen MR) is 105 cm³/mol. The molecule has 1 aromatic heterocycles. The van der Waals surface area contributed by atoms with E-state index in [4.69, 9.17) is 28.8 Å². The lowest BCUT2D eigenvalue weighted by Crippen LogP contribution is -2.55. The number of hydrogen-bond acceptors (Lipinski definition) is 10. The highest BCUT2D eigenvalue weighted by Gasteiger charge is 2.59. The van der Waals surface area contributed by atoms with Crippen molar-refractivity contribution in [3.63, 3.8) is 0 Å². The third-order valence-corrected chi connectivity index (χ3v) is 6.24. The average molecular weight is 445 g/mol. The van der Waals surface area contributed by atoms with Gasteiger partial charge in [0, 0.05) is 18.3 Å². The first-order valence-electron chi connectivity index (χ1n) is 9.79. The van der Waals surface area contributed by atoms with Crippen LogP contribution in [0.5, 0.6) is 0 Å². The summed E-state index contributed by atoms with van der Waals surface area (Å²) in [5, 5.41) is 0. The molecule has 1 aromatic rings. The van der Waals surface area contributed by atoms with Gasteiger partial charge >= 0.3 is 19.5 Å². The molecule has 0 aliphatic carbocycles. The molecule has 2 aliphatic rings. The Morgan fingerprint density at radius 1 is 1.50 bits per heavy atom. The number of carbonyl (C=O) groups excluding carboxylic acids is 1. The van der Waals surface area contributed by atoms with Crippen molar-refractivity contribution >= 4 is 13.8 Å². The molecule has 11 nitrogen and oxygen atoms in total. The summed E-state index contributed by atoms with van der Waals surface area (Å²) in [7, 11) is -3.90. The maximum atomic E-state index is 12.9. The molecular formula is C18H28N3O8P. The number of carbonyl (C=O) groups is 1. The highest BCUT2D eigenvalue weighted by Crippen LogP contribution is 2.58. The summed E-state index contributed by atoms with van der Waals surface area (Å²) in [5.41, 5.74) is 5.31. The monoisotopic (exact) mass is 445 g/mol. The van der Waals surface area contributed by atoms with Crippen LogP contribution in [0.15, 0.2) is 17.1 Å². The first kappa shape index (κ1) is 23.1. The Bertz CT molecular complexity index is 886. The van der Waals surface area contributed by atoms with Gasteiger partial charge in [-0.05, 0) is 40.2 Å². The zero-order valence-corrected chi connectivity index (χ0v) is 18.4. The molecule has 2 fully saturated rings. The molecule has 168 valence electrons. The lowest BCUT2D eigenvalue weighted by molar-refractivity contribution is -0.147. The van der Waals surface area contributed by atoms with Gasteiger partial charge in [-0.25, -0.2) is 9.36 Å². The lowest BCUT2D eigenvalue weighted by Gasteiger charge is -2.35. The number of nitrogens with two attached hydrogens (primary N) is 1. The molecule has 3 rings (SSSR count). The summed E-state index contributed by atoms with van der Waals surface area (Å²) in [6.45, 7) is 6.77. The van der Waals surface area contributed by atoms with Crippen molar-refractivity contribution in [2.75, 3.05) is 13.2 Å². The second kappa shape index (κ2) is 8.86. The first-order valence-corrected chi connectivity index (χ1v) is 11.2. The fraction of sp³-hybridized carbons (Fsp3) is 0.722. The molecule has 0 spiro atoms. The minimum atomic E-state index is -3.90. The van der Waals surface area contributed by atoms with Gasteiger partial charge in [0.25, 0.3) is 0 Å². The van der Waals surface area contributed by atoms with E-state index in [0.717, 1.165) is 0 Å². The molecule has 12 heteroatoms. The number of phosphoric acid groups is 1. The van der Waals surface area contributed by atoms with Gasteiger partial charge in [-0.3, -0.25) is 22.9 Å². The van der Waals surface area contributed by atoms with Crippen LogP contribution in [0.1, 0.15) is 45.5 Å². The van der Waals surface area contributed by atoms with Gasteiger partial charge in [0.2, 0.25) is 0 Å². The van der Waals surface area contributed by atoms with Gasteiger partial charge in [-0.15, -0.1) is 0 Å². The van der Waals surface area contributed by atoms with Crippen molar-refractivity contribution in [1.82, 2.24) is 9.55 Å². The smallest absolute Gasteiger partial charge is 0.463 e. The second-order valence-electron chi connectivity index (χ2n) is 7.90. The minimum absolute atomic E-state index is 0.0191. The number of aromatic nitrogens is 2. The molecule has 0 aromatic carbocycles. The fourth-order valence-electron chi connectivity index (χ4n) is 3.39. The number of hydrogen-bond donors (Lipinski definition) is 1. The topological polar surface area (TPSA) is 141 Å². The summed E-state index contributed by atoms with van der Waals surface area (Å²) >= 11 is 0. The second-order valence-corrected chi connectivity index (χ2v) is 9.52. The van der Waals surface area contributed by atoms with Gasteiger partial charge in [0.05, 0.1) is 24.9 Å². The molecule has 0 saturated carbocycles. The molecule has 30 heavy (non-hydrogen) atoms. The molecule has 2 saturated heterocycles. The predicted octanol–water partition coefficient (Wildman–Crippen LogP) is 1.44. The number of ether oxygens (including phenoxy) is 2. The van der Waals surface area contributed by atoms with E-state index >= 15 is 0 Å². The minimum Gasteiger partial charge on any atom is -0.463 e. The number of fused-ring (bicyclic) bond motifs is 1. The van der Waals surface area contributed by atoms with Gasteiger partial charge < -0.3 is 15.2 Å². The van der Waals surface area contributed by atoms with Crippen LogP contribution in [0.3, 0.4) is 0 Å². The maximum Gasteiger partial charge on any atom is 0.475 e. The largest absolute Gasteiger partial charge is 0.475 e. The highest BCUT2D eigenvalue weighted by atomic mass is 31.2. The molecule has 0 unspecified atom stereocenters. The Morgan fingerprint density at radius 2 is 2.23 bits per heavy atom. The zero-order valence-electron chi connectivity index (χ0n) is 17.5. The van der Waals surface area contributed by atoms with Crippen LogP contribution in [0.2, 0.25) is 0 Å². The summed E-state index contributed by atoms with van der Waals surface area (Å²) in [6.07, 6.45) is -0.592. The molecule has 2 N–H and O–H groups in total. The third-order valence-electron chi connectivity index (χ3n) is 4.79. The van der Waals surface area contributed by atoms with E-state index in [1.807, 2.05) is 0 Å². The van der Waals surface area contributed by atoms with Gasteiger partial charge in [0.1, 0.15) is 12.2 Å². The van der Waals surface area contributed by atoms with Crippen molar-refractivity contribution in [3.05, 3.63) is 28.4 Å². The van der Waals surface area contributed by atoms with E-state index in [-0.39, 0.29) is 31.7 Å². The van der Waals surface area contributed by atoms with Crippen LogP contribution in [-0.2, 0) is 32.4 Å². The van der Waals surface area contributed by atoms with Crippen LogP contribution in [0.4, 0.5) is 0 Å². The molecular weight excluding hydrogens is 417 g/mol. The normalized spacial score (nSPS) is 33.5. The number of nitrogens with zero attached hydrogens (tertiary/aromatic N) is 2. The van der Waals surface area contributed by atoms with Crippen LogP contribution < -0.4 is 11.4 Å². The summed E-state index contributed by atoms with van der Waals surface area (Å²) in [6, 6.07) is 1.67. The van der Waals surface area contributed by atoms with E-state index in [9.17, 15) is 14.2 Å². The summed E-state index contributed by atoms with van der Waals surface area (Å²) < 4.78 is 41.3. The molecule has 5 atom stereocenters. The summed E-state index contributed by atoms with van der Waals surface area (Å²) in [4.78, 5) is 27.7. The number of rotatable bonds is 7. The van der Waals surface area contributed by atoms with Crippen molar-refractivity contribution in [2.24, 2.45) is 5.73 Å². The lowest BCUT2D eigenvalue weighted by atomic mass is 9.93. The average Bonchev–Trinajstić information content (AvgIpc) is 2.89. The van der Waals surface area contributed by atoms with E-state index in [1.165, 1.54) is 4.57 Å². The Kier molecular flexibility index (Phi) is 6.81. The van der Waals surface area contributed by atoms with Crippen molar-refractivity contribution in [2.45, 2.75) is 70.6 Å². The number of phosphoric ester groups is 1. The Labute approximate surface area is 174 Å². The van der Waals surface area contributed by atoms with Crippen molar-refractivity contribution in [1.29, 1.82) is 0 Å². The summed E-state index contributed by atoms with van der Waals surface area (Å²) in [5.74, 6) is -0.365. The Hall–Kier alpha value is -1.62. The van der Waals surface area contributed by atoms with Gasteiger partial charge in [0.15, 0.2) is 6.23 Å². The number of esters is 1. The quantitative estimate of drug-likeness (QED) is 0.372. The first-order chi connectivity index (χ1) is 14.0. The van der Waals surface area contributed by atoms with Crippen molar-refractivity contribution in [3.8, 4) is 0 Å². The molecule has 0 amide bonds. The highest BCUT2D eigenvalue weighted by molar-refractivity contribution is 7.48. The number of aryl methyl sites for hydroxylation is 1. The van der Waals surface area contributed by atoms with E-state index < -0.39 is 37.5 Å². The van der Waals surface area contributed by atoms with Gasteiger partial charge in [-0.2, -0.15) is 4.98 Å². The third kappa shape index (κ3) is 4.99. The maximum absolute atomic E-state index is 12.9. The van der Waals surface area contributed by atoms with Crippen molar-refractivity contribution < 1.29 is 32.4 Å². The van der Waals surface area contributed by atoms with Crippen LogP contribution in [0.25, 0.3) is 0 Å². The standard InChI is InChI=1S/C18H28N3O8P/c1-11(2)27-14(22)6-5-9-25-30(24)26-10-13-15(29-30)18(4,19)16(28-13)21-8-7-12(3)20-17(21)23/h7-8,11,13,15-16H,5-6,9-10,19H2,1-4H3/t13-,15-,16-,18-,30-/m1/s1. The molecule has 0 radical (unpaired) electrons. The molecule has 2 aliphatic heterocycles. The Balaban J connectivity index is 1.62. The van der Waals surface area contributed by atoms with E-state index in [0.29, 0.717) is 12.1 Å². The fourth-order valence-corrected chi connectivity index (χ4v) is 4.91. The SMILES string of the molecule is Cc1ccn([C@@H]2O[C@@H]3CO[P@@](=O)(OCCCC(=O)OC(C)C)O[C@H]3[C@@]2(C)N)c(=O)n1. The zero-order chi connectivity index (χ0) is 22.1. The van der Waals surface area contributed by atoms with Crippen LogP contribution >= 0.6 is 7.82 Å². The van der Waals surface area contributed by atoms with Gasteiger partial charge in [-0.1, -0.05) is 0 Å². The van der Waals surface area contributed by atoms with Crippen LogP contribution in [0, 0.1) is 6.92 Å². The Morgan fingerprint density at radius 3 is 2.90 bits per heavy atom. The van der Waals surface area contributed by atoms with Crippen LogP contribution in [-0.4, -0.2) is 52.6 Å². The molecule has 0 bridgehead atoms.